The number of hydrogen-bond acceptors (Lipinski definition) is 8. The number of aryl methyl sites for hydroxylation is 1. The number of aromatic nitrogens is 1. The zero-order valence-electron chi connectivity index (χ0n) is 17.5. The number of azo groups is 1. The van der Waals surface area contributed by atoms with Crippen molar-refractivity contribution in [1.29, 1.82) is 0 Å². The number of fused-ring (bicyclic) bond motifs is 3. The molecule has 160 valence electrons. The van der Waals surface area contributed by atoms with Crippen LogP contribution < -0.4 is 4.90 Å². The molecule has 2 aromatic rings. The fourth-order valence-electron chi connectivity index (χ4n) is 4.30. The summed E-state index contributed by atoms with van der Waals surface area (Å²) in [6.07, 6.45) is 1.21. The summed E-state index contributed by atoms with van der Waals surface area (Å²) in [4.78, 5) is 19.2. The Morgan fingerprint density at radius 3 is 2.60 bits per heavy atom. The highest BCUT2D eigenvalue weighted by Gasteiger charge is 2.38. The van der Waals surface area contributed by atoms with E-state index in [0.29, 0.717) is 0 Å². The van der Waals surface area contributed by atoms with Crippen LogP contribution in [0.3, 0.4) is 0 Å². The molecule has 0 atom stereocenters. The van der Waals surface area contributed by atoms with E-state index in [0.717, 1.165) is 35.7 Å². The molecule has 0 spiro atoms. The minimum absolute atomic E-state index is 0.0314. The van der Waals surface area contributed by atoms with Gasteiger partial charge >= 0.3 is 5.00 Å². The smallest absolute Gasteiger partial charge is 0.345 e. The molecule has 4 heterocycles. The lowest BCUT2D eigenvalue weighted by atomic mass is 10.1. The molecule has 5 rings (SSSR count). The minimum atomic E-state index is -0.467. The van der Waals surface area contributed by atoms with Crippen molar-refractivity contribution in [2.75, 3.05) is 63.8 Å². The molecule has 3 fully saturated rings. The van der Waals surface area contributed by atoms with Gasteiger partial charge in [-0.05, 0) is 48.9 Å². The first kappa shape index (κ1) is 20.8. The molecule has 0 aliphatic carbocycles. The zero-order valence-corrected chi connectivity index (χ0v) is 18.3. The Morgan fingerprint density at radius 2 is 2.00 bits per heavy atom. The first-order chi connectivity index (χ1) is 14.5. The van der Waals surface area contributed by atoms with Gasteiger partial charge in [0.1, 0.15) is 6.20 Å². The van der Waals surface area contributed by atoms with Crippen LogP contribution >= 0.6 is 11.3 Å². The monoisotopic (exact) mass is 430 g/mol. The van der Waals surface area contributed by atoms with Crippen molar-refractivity contribution >= 4 is 32.8 Å². The predicted octanol–water partition coefficient (Wildman–Crippen LogP) is 3.75. The molecule has 30 heavy (non-hydrogen) atoms. The Balaban J connectivity index is 1.41. The van der Waals surface area contributed by atoms with Gasteiger partial charge in [0.25, 0.3) is 0 Å². The highest BCUT2D eigenvalue weighted by Crippen LogP contribution is 2.31. The average molecular weight is 431 g/mol. The highest BCUT2D eigenvalue weighted by atomic mass is 32.1. The number of benzene rings is 1. The van der Waals surface area contributed by atoms with Gasteiger partial charge in [-0.1, -0.05) is 0 Å². The van der Waals surface area contributed by atoms with E-state index in [1.165, 1.54) is 62.2 Å². The molecule has 0 unspecified atom stereocenters. The molecule has 1 aromatic heterocycles. The van der Waals surface area contributed by atoms with Crippen molar-refractivity contribution in [3.05, 3.63) is 40.1 Å². The van der Waals surface area contributed by atoms with Crippen molar-refractivity contribution in [3.63, 3.8) is 0 Å². The third kappa shape index (κ3) is 4.50. The number of anilines is 1. The fraction of sp³-hybridized carbons (Fsp3) is 0.550. The number of piperazine rings is 3. The second-order valence-corrected chi connectivity index (χ2v) is 9.05. The van der Waals surface area contributed by atoms with Crippen LogP contribution in [0.5, 0.6) is 0 Å². The van der Waals surface area contributed by atoms with Crippen molar-refractivity contribution < 1.29 is 9.41 Å². The molecule has 3 aliphatic heterocycles. The molecule has 10 heteroatoms. The Bertz CT molecular complexity index is 923. The molecular formula is C20H28N7O2S+. The van der Waals surface area contributed by atoms with Crippen molar-refractivity contribution in [3.8, 4) is 0 Å². The summed E-state index contributed by atoms with van der Waals surface area (Å²) < 4.78 is 1.26. The van der Waals surface area contributed by atoms with Gasteiger partial charge < -0.3 is 9.38 Å². The first-order valence-corrected chi connectivity index (χ1v) is 11.2. The number of nitro groups is 1. The average Bonchev–Trinajstić information content (AvgIpc) is 3.24. The van der Waals surface area contributed by atoms with E-state index in [9.17, 15) is 10.1 Å². The summed E-state index contributed by atoms with van der Waals surface area (Å²) in [5, 5.41) is 19.3. The lowest BCUT2D eigenvalue weighted by Gasteiger charge is -2.51. The van der Waals surface area contributed by atoms with Crippen LogP contribution in [0.15, 0.2) is 34.6 Å². The number of nitrogens with zero attached hydrogens (tertiary/aromatic N) is 7. The van der Waals surface area contributed by atoms with Crippen LogP contribution in [0.25, 0.3) is 0 Å². The SMILES string of the molecule is CCN(CC[N+]12CCN(CC1)CC2)c1ccc(N=Nc2ncc([N+](=O)[O-])s2)c(C)c1. The van der Waals surface area contributed by atoms with Crippen molar-refractivity contribution in [2.24, 2.45) is 10.2 Å². The van der Waals surface area contributed by atoms with Gasteiger partial charge in [-0.25, -0.2) is 4.98 Å². The van der Waals surface area contributed by atoms with E-state index in [2.05, 4.69) is 44.1 Å². The van der Waals surface area contributed by atoms with Gasteiger partial charge in [-0.3, -0.25) is 15.0 Å². The molecule has 1 aromatic carbocycles. The summed E-state index contributed by atoms with van der Waals surface area (Å²) >= 11 is 0.919. The van der Waals surface area contributed by atoms with Crippen LogP contribution in [-0.4, -0.2) is 78.2 Å². The lowest BCUT2D eigenvalue weighted by Crippen LogP contribution is -2.68. The van der Waals surface area contributed by atoms with Crippen LogP contribution in [-0.2, 0) is 0 Å². The minimum Gasteiger partial charge on any atom is -0.366 e. The molecule has 3 aliphatic rings. The number of quaternary nitrogens is 1. The van der Waals surface area contributed by atoms with Gasteiger partial charge in [0, 0.05) is 31.9 Å². The van der Waals surface area contributed by atoms with E-state index < -0.39 is 4.92 Å². The van der Waals surface area contributed by atoms with Crippen LogP contribution in [0, 0.1) is 17.0 Å². The second-order valence-electron chi connectivity index (χ2n) is 8.07. The molecule has 3 saturated heterocycles. The highest BCUT2D eigenvalue weighted by molar-refractivity contribution is 7.18. The number of hydrogen-bond donors (Lipinski definition) is 0. The second kappa shape index (κ2) is 8.75. The number of thiazole rings is 1. The van der Waals surface area contributed by atoms with Gasteiger partial charge in [0.05, 0.1) is 43.3 Å². The van der Waals surface area contributed by atoms with Crippen molar-refractivity contribution in [2.45, 2.75) is 13.8 Å². The molecule has 2 bridgehead atoms. The standard InChI is InChI=1S/C20H28N7O2S/c1-3-25(9-13-27-10-6-24(7-11-27)8-12-27)17-4-5-18(16(2)14-17)22-23-20-21-15-19(30-20)26(28)29/h4-5,14-15H,3,6-13H2,1-2H3/q+1. The number of rotatable bonds is 8. The quantitative estimate of drug-likeness (QED) is 0.275. The molecular weight excluding hydrogens is 402 g/mol. The molecule has 0 N–H and O–H groups in total. The summed E-state index contributed by atoms with van der Waals surface area (Å²) in [6.45, 7) is 15.0. The van der Waals surface area contributed by atoms with Gasteiger partial charge in [0.15, 0.2) is 0 Å². The summed E-state index contributed by atoms with van der Waals surface area (Å²) in [5.41, 5.74) is 2.98. The Kier molecular flexibility index (Phi) is 6.07. The Hall–Kier alpha value is -2.43. The van der Waals surface area contributed by atoms with Gasteiger partial charge in [-0.2, -0.15) is 0 Å². The third-order valence-corrected chi connectivity index (χ3v) is 7.18. The topological polar surface area (TPSA) is 87.2 Å². The molecule has 0 radical (unpaired) electrons. The first-order valence-electron chi connectivity index (χ1n) is 10.4. The maximum absolute atomic E-state index is 10.8. The van der Waals surface area contributed by atoms with Crippen LogP contribution in [0.1, 0.15) is 12.5 Å². The Morgan fingerprint density at radius 1 is 1.27 bits per heavy atom. The number of likely N-dealkylation sites (N-methyl/N-ethyl adjacent to an activating group) is 1. The third-order valence-electron chi connectivity index (χ3n) is 6.35. The van der Waals surface area contributed by atoms with E-state index >= 15 is 0 Å². The Labute approximate surface area is 180 Å². The van der Waals surface area contributed by atoms with E-state index in [1.807, 2.05) is 13.0 Å². The van der Waals surface area contributed by atoms with E-state index in [1.54, 1.807) is 0 Å². The molecule has 0 saturated carbocycles. The van der Waals surface area contributed by atoms with Crippen LogP contribution in [0.4, 0.5) is 21.5 Å². The normalized spacial score (nSPS) is 23.2. The molecule has 0 amide bonds. The maximum atomic E-state index is 10.8. The largest absolute Gasteiger partial charge is 0.366 e. The summed E-state index contributed by atoms with van der Waals surface area (Å²) in [5.74, 6) is 0. The van der Waals surface area contributed by atoms with Crippen LogP contribution in [0.2, 0.25) is 0 Å². The van der Waals surface area contributed by atoms with E-state index in [4.69, 9.17) is 0 Å². The lowest BCUT2D eigenvalue weighted by molar-refractivity contribution is -0.939. The molecule has 9 nitrogen and oxygen atoms in total. The maximum Gasteiger partial charge on any atom is 0.345 e. The zero-order chi connectivity index (χ0) is 21.1. The van der Waals surface area contributed by atoms with E-state index in [-0.39, 0.29) is 10.1 Å². The van der Waals surface area contributed by atoms with Gasteiger partial charge in [0.2, 0.25) is 5.13 Å². The summed E-state index contributed by atoms with van der Waals surface area (Å²) in [6, 6.07) is 6.20. The van der Waals surface area contributed by atoms with Gasteiger partial charge in [-0.15, -0.1) is 10.2 Å². The summed E-state index contributed by atoms with van der Waals surface area (Å²) in [7, 11) is 0. The van der Waals surface area contributed by atoms with Crippen molar-refractivity contribution in [1.82, 2.24) is 9.88 Å². The fourth-order valence-corrected chi connectivity index (χ4v) is 4.86. The predicted molar refractivity (Wildman–Crippen MR) is 118 cm³/mol.